The van der Waals surface area contributed by atoms with E-state index < -0.39 is 0 Å². The number of rotatable bonds is 6. The third-order valence-corrected chi connectivity index (χ3v) is 2.90. The number of likely N-dealkylation sites (N-methyl/N-ethyl adjacent to an activating group) is 1. The Kier molecular flexibility index (Phi) is 6.03. The Morgan fingerprint density at radius 3 is 2.71 bits per heavy atom. The number of aromatic nitrogens is 1. The van der Waals surface area contributed by atoms with Crippen molar-refractivity contribution < 1.29 is 4.74 Å². The van der Waals surface area contributed by atoms with E-state index in [1.165, 1.54) is 0 Å². The summed E-state index contributed by atoms with van der Waals surface area (Å²) in [5, 5.41) is 0.607. The molecule has 0 saturated carbocycles. The van der Waals surface area contributed by atoms with Gasteiger partial charge in [0.1, 0.15) is 5.82 Å². The number of hydrogen-bond acceptors (Lipinski definition) is 3. The molecule has 0 bridgehead atoms. The molecule has 0 atom stereocenters. The molecule has 1 rings (SSSR count). The van der Waals surface area contributed by atoms with Gasteiger partial charge in [0.25, 0.3) is 0 Å². The molecule has 0 saturated heterocycles. The molecule has 0 radical (unpaired) electrons. The van der Waals surface area contributed by atoms with Crippen LogP contribution in [-0.2, 0) is 10.6 Å². The smallest absolute Gasteiger partial charge is 0.128 e. The van der Waals surface area contributed by atoms with Crippen molar-refractivity contribution in [2.75, 3.05) is 25.1 Å². The van der Waals surface area contributed by atoms with Gasteiger partial charge in [0.2, 0.25) is 0 Å². The Hall–Kier alpha value is -0.510. The summed E-state index contributed by atoms with van der Waals surface area (Å²) in [5.74, 6) is 1.18. The zero-order valence-corrected chi connectivity index (χ0v) is 11.9. The number of pyridine rings is 1. The second kappa shape index (κ2) is 7.04. The van der Waals surface area contributed by atoms with Crippen LogP contribution in [0.5, 0.6) is 0 Å². The fourth-order valence-electron chi connectivity index (χ4n) is 1.32. The summed E-state index contributed by atoms with van der Waals surface area (Å²) >= 11 is 11.7. The number of halogens is 2. The van der Waals surface area contributed by atoms with Crippen molar-refractivity contribution in [2.45, 2.75) is 25.8 Å². The van der Waals surface area contributed by atoms with E-state index in [9.17, 15) is 0 Å². The lowest BCUT2D eigenvalue weighted by molar-refractivity contribution is 0.0845. The molecular weight excluding hydrogens is 259 g/mol. The summed E-state index contributed by atoms with van der Waals surface area (Å²) in [6, 6.07) is 3.70. The molecule has 0 spiro atoms. The summed E-state index contributed by atoms with van der Waals surface area (Å²) < 4.78 is 5.49. The van der Waals surface area contributed by atoms with Crippen LogP contribution in [0.3, 0.4) is 0 Å². The standard InChI is InChI=1S/C12H18Cl2N2O/c1-9(2)17-7-6-16(3)12-5-4-10(14)11(8-13)15-12/h4-5,9H,6-8H2,1-3H3. The van der Waals surface area contributed by atoms with Crippen molar-refractivity contribution in [1.29, 1.82) is 0 Å². The SMILES string of the molecule is CC(C)OCCN(C)c1ccc(Cl)c(CCl)n1. The Morgan fingerprint density at radius 2 is 2.12 bits per heavy atom. The third kappa shape index (κ3) is 4.70. The highest BCUT2D eigenvalue weighted by Gasteiger charge is 2.07. The lowest BCUT2D eigenvalue weighted by Crippen LogP contribution is -2.24. The van der Waals surface area contributed by atoms with Gasteiger partial charge in [0.15, 0.2) is 0 Å². The number of ether oxygens (including phenoxy) is 1. The maximum absolute atomic E-state index is 5.96. The average Bonchev–Trinajstić information content (AvgIpc) is 2.29. The molecule has 1 heterocycles. The topological polar surface area (TPSA) is 25.4 Å². The Bertz CT molecular complexity index is 358. The van der Waals surface area contributed by atoms with Crippen molar-refractivity contribution in [2.24, 2.45) is 0 Å². The van der Waals surface area contributed by atoms with E-state index >= 15 is 0 Å². The second-order valence-corrected chi connectivity index (χ2v) is 4.75. The van der Waals surface area contributed by atoms with E-state index in [1.54, 1.807) is 0 Å². The van der Waals surface area contributed by atoms with Crippen LogP contribution >= 0.6 is 23.2 Å². The average molecular weight is 277 g/mol. The molecule has 96 valence electrons. The van der Waals surface area contributed by atoms with Crippen molar-refractivity contribution in [3.8, 4) is 0 Å². The summed E-state index contributed by atoms with van der Waals surface area (Å²) in [4.78, 5) is 6.42. The molecule has 0 aliphatic rings. The number of alkyl halides is 1. The van der Waals surface area contributed by atoms with Crippen LogP contribution in [0.1, 0.15) is 19.5 Å². The molecule has 0 aliphatic carbocycles. The predicted octanol–water partition coefficient (Wildman–Crippen LogP) is 3.34. The minimum Gasteiger partial charge on any atom is -0.377 e. The maximum atomic E-state index is 5.96. The fourth-order valence-corrected chi connectivity index (χ4v) is 1.76. The van der Waals surface area contributed by atoms with Crippen molar-refractivity contribution >= 4 is 29.0 Å². The molecule has 0 amide bonds. The highest BCUT2D eigenvalue weighted by molar-refractivity contribution is 6.32. The molecule has 5 heteroatoms. The van der Waals surface area contributed by atoms with Crippen LogP contribution in [0.15, 0.2) is 12.1 Å². The van der Waals surface area contributed by atoms with Crippen LogP contribution in [0.4, 0.5) is 5.82 Å². The first-order valence-corrected chi connectivity index (χ1v) is 6.50. The first-order chi connectivity index (χ1) is 8.04. The number of anilines is 1. The molecule has 0 aliphatic heterocycles. The fraction of sp³-hybridized carbons (Fsp3) is 0.583. The van der Waals surface area contributed by atoms with E-state index in [0.29, 0.717) is 23.2 Å². The Morgan fingerprint density at radius 1 is 1.41 bits per heavy atom. The van der Waals surface area contributed by atoms with Crippen LogP contribution in [-0.4, -0.2) is 31.3 Å². The van der Waals surface area contributed by atoms with E-state index in [4.69, 9.17) is 27.9 Å². The van der Waals surface area contributed by atoms with Gasteiger partial charge in [-0.05, 0) is 26.0 Å². The van der Waals surface area contributed by atoms with Crippen LogP contribution in [0.2, 0.25) is 5.02 Å². The first kappa shape index (κ1) is 14.6. The highest BCUT2D eigenvalue weighted by atomic mass is 35.5. The Labute approximate surface area is 113 Å². The van der Waals surface area contributed by atoms with Crippen LogP contribution in [0.25, 0.3) is 0 Å². The lowest BCUT2D eigenvalue weighted by Gasteiger charge is -2.19. The summed E-state index contributed by atoms with van der Waals surface area (Å²) in [7, 11) is 1.97. The molecule has 0 N–H and O–H groups in total. The molecule has 0 fully saturated rings. The monoisotopic (exact) mass is 276 g/mol. The van der Waals surface area contributed by atoms with Crippen molar-refractivity contribution in [3.63, 3.8) is 0 Å². The van der Waals surface area contributed by atoms with Gasteiger partial charge in [-0.1, -0.05) is 11.6 Å². The molecule has 0 unspecified atom stereocenters. The van der Waals surface area contributed by atoms with E-state index in [1.807, 2.05) is 37.9 Å². The zero-order chi connectivity index (χ0) is 12.8. The minimum atomic E-state index is 0.250. The summed E-state index contributed by atoms with van der Waals surface area (Å²) in [6.07, 6.45) is 0.250. The van der Waals surface area contributed by atoms with Gasteiger partial charge in [-0.3, -0.25) is 0 Å². The quantitative estimate of drug-likeness (QED) is 0.746. The molecular formula is C12H18Cl2N2O. The Balaban J connectivity index is 2.59. The van der Waals surface area contributed by atoms with Gasteiger partial charge >= 0.3 is 0 Å². The van der Waals surface area contributed by atoms with Crippen molar-refractivity contribution in [1.82, 2.24) is 4.98 Å². The molecule has 1 aromatic heterocycles. The largest absolute Gasteiger partial charge is 0.377 e. The van der Waals surface area contributed by atoms with Gasteiger partial charge in [-0.25, -0.2) is 4.98 Å². The first-order valence-electron chi connectivity index (χ1n) is 5.58. The van der Waals surface area contributed by atoms with Gasteiger partial charge < -0.3 is 9.64 Å². The van der Waals surface area contributed by atoms with E-state index in [2.05, 4.69) is 4.98 Å². The molecule has 3 nitrogen and oxygen atoms in total. The lowest BCUT2D eigenvalue weighted by atomic mass is 10.3. The summed E-state index contributed by atoms with van der Waals surface area (Å²) in [5.41, 5.74) is 0.711. The third-order valence-electron chi connectivity index (χ3n) is 2.30. The predicted molar refractivity (Wildman–Crippen MR) is 73.2 cm³/mol. The number of nitrogens with zero attached hydrogens (tertiary/aromatic N) is 2. The minimum absolute atomic E-state index is 0.250. The van der Waals surface area contributed by atoms with Gasteiger partial charge in [-0.2, -0.15) is 0 Å². The zero-order valence-electron chi connectivity index (χ0n) is 10.4. The van der Waals surface area contributed by atoms with E-state index in [0.717, 1.165) is 12.4 Å². The highest BCUT2D eigenvalue weighted by Crippen LogP contribution is 2.19. The van der Waals surface area contributed by atoms with Crippen molar-refractivity contribution in [3.05, 3.63) is 22.8 Å². The second-order valence-electron chi connectivity index (χ2n) is 4.07. The van der Waals surface area contributed by atoms with Crippen LogP contribution < -0.4 is 4.90 Å². The van der Waals surface area contributed by atoms with E-state index in [-0.39, 0.29) is 6.10 Å². The van der Waals surface area contributed by atoms with Crippen LogP contribution in [0, 0.1) is 0 Å². The number of hydrogen-bond donors (Lipinski definition) is 0. The maximum Gasteiger partial charge on any atom is 0.128 e. The summed E-state index contributed by atoms with van der Waals surface area (Å²) in [6.45, 7) is 5.50. The molecule has 0 aromatic carbocycles. The molecule has 1 aromatic rings. The normalized spacial score (nSPS) is 10.9. The van der Waals surface area contributed by atoms with Gasteiger partial charge in [-0.15, -0.1) is 11.6 Å². The molecule has 17 heavy (non-hydrogen) atoms. The van der Waals surface area contributed by atoms with Gasteiger partial charge in [0, 0.05) is 13.6 Å². The van der Waals surface area contributed by atoms with Gasteiger partial charge in [0.05, 0.1) is 29.3 Å².